The van der Waals surface area contributed by atoms with Gasteiger partial charge in [-0.15, -0.1) is 0 Å². The van der Waals surface area contributed by atoms with Crippen LogP contribution >= 0.6 is 0 Å². The van der Waals surface area contributed by atoms with Crippen LogP contribution < -0.4 is 14.8 Å². The van der Waals surface area contributed by atoms with Crippen LogP contribution in [0.1, 0.15) is 36.7 Å². The molecule has 0 heterocycles. The summed E-state index contributed by atoms with van der Waals surface area (Å²) in [5, 5.41) is 2.86. The van der Waals surface area contributed by atoms with E-state index in [0.717, 1.165) is 5.56 Å². The maximum absolute atomic E-state index is 12.8. The van der Waals surface area contributed by atoms with Gasteiger partial charge in [-0.3, -0.25) is 9.52 Å². The van der Waals surface area contributed by atoms with Crippen LogP contribution in [0.25, 0.3) is 0 Å². The summed E-state index contributed by atoms with van der Waals surface area (Å²) < 4.78 is 33.0. The molecule has 3 aromatic carbocycles. The molecule has 162 valence electrons. The van der Waals surface area contributed by atoms with Crippen molar-refractivity contribution in [2.75, 3.05) is 17.1 Å². The maximum Gasteiger partial charge on any atom is 0.261 e. The second kappa shape index (κ2) is 8.81. The van der Waals surface area contributed by atoms with Crippen LogP contribution in [0.15, 0.2) is 77.7 Å². The van der Waals surface area contributed by atoms with E-state index in [-0.39, 0.29) is 16.2 Å². The monoisotopic (exact) mass is 438 g/mol. The van der Waals surface area contributed by atoms with Crippen molar-refractivity contribution in [2.45, 2.75) is 31.1 Å². The highest BCUT2D eigenvalue weighted by atomic mass is 32.2. The number of hydrogen-bond donors (Lipinski definition) is 2. The summed E-state index contributed by atoms with van der Waals surface area (Å²) in [7, 11) is -2.21. The number of anilines is 2. The molecule has 3 aromatic rings. The minimum Gasteiger partial charge on any atom is -0.495 e. The van der Waals surface area contributed by atoms with Gasteiger partial charge in [0, 0.05) is 11.3 Å². The number of carbonyl (C=O) groups excluding carboxylic acids is 1. The molecule has 1 amide bonds. The van der Waals surface area contributed by atoms with Crippen molar-refractivity contribution in [3.05, 3.63) is 83.9 Å². The molecule has 2 N–H and O–H groups in total. The quantitative estimate of drug-likeness (QED) is 0.564. The van der Waals surface area contributed by atoms with Crippen LogP contribution in [0.5, 0.6) is 5.75 Å². The molecule has 0 aromatic heterocycles. The Kier molecular flexibility index (Phi) is 6.36. The van der Waals surface area contributed by atoms with Gasteiger partial charge in [0.15, 0.2) is 0 Å². The molecular formula is C24H26N2O4S. The van der Waals surface area contributed by atoms with Crippen molar-refractivity contribution < 1.29 is 17.9 Å². The fraction of sp³-hybridized carbons (Fsp3) is 0.208. The van der Waals surface area contributed by atoms with E-state index >= 15 is 0 Å². The molecule has 0 fully saturated rings. The fourth-order valence-corrected chi connectivity index (χ4v) is 4.03. The number of amides is 1. The molecule has 0 aliphatic carbocycles. The summed E-state index contributed by atoms with van der Waals surface area (Å²) in [5.74, 6) is 0.192. The smallest absolute Gasteiger partial charge is 0.261 e. The lowest BCUT2D eigenvalue weighted by molar-refractivity contribution is 0.102. The molecule has 0 aliphatic heterocycles. The van der Waals surface area contributed by atoms with Crippen molar-refractivity contribution in [3.63, 3.8) is 0 Å². The molecule has 3 rings (SSSR count). The van der Waals surface area contributed by atoms with Crippen molar-refractivity contribution in [1.82, 2.24) is 0 Å². The van der Waals surface area contributed by atoms with Crippen molar-refractivity contribution in [2.24, 2.45) is 0 Å². The molecule has 6 nitrogen and oxygen atoms in total. The first-order valence-corrected chi connectivity index (χ1v) is 11.3. The molecule has 0 spiro atoms. The third-order valence-corrected chi connectivity index (χ3v) is 6.16. The van der Waals surface area contributed by atoms with Crippen LogP contribution in [0, 0.1) is 0 Å². The minimum absolute atomic E-state index is 0.0696. The number of para-hydroxylation sites is 1. The lowest BCUT2D eigenvalue weighted by atomic mass is 9.87. The average Bonchev–Trinajstić information content (AvgIpc) is 2.73. The first kappa shape index (κ1) is 22.4. The SMILES string of the molecule is COc1ccc(C(C)(C)C)cc1NC(=O)c1ccc(S(=O)(=O)Nc2ccccc2)cc1. The topological polar surface area (TPSA) is 84.5 Å². The number of nitrogens with one attached hydrogen (secondary N) is 2. The van der Waals surface area contributed by atoms with E-state index in [4.69, 9.17) is 4.74 Å². The number of rotatable bonds is 6. The standard InChI is InChI=1S/C24H26N2O4S/c1-24(2,3)18-12-15-22(30-4)21(16-18)25-23(27)17-10-13-20(14-11-17)31(28,29)26-19-8-6-5-7-9-19/h5-16,26H,1-4H3,(H,25,27). The predicted molar refractivity (Wildman–Crippen MR) is 123 cm³/mol. The van der Waals surface area contributed by atoms with Crippen LogP contribution in [0.3, 0.4) is 0 Å². The molecule has 0 saturated carbocycles. The normalized spacial score (nSPS) is 11.6. The Balaban J connectivity index is 1.80. The zero-order chi connectivity index (χ0) is 22.6. The fourth-order valence-electron chi connectivity index (χ4n) is 2.97. The number of sulfonamides is 1. The van der Waals surface area contributed by atoms with Gasteiger partial charge in [-0.05, 0) is 59.5 Å². The Labute approximate surface area is 183 Å². The van der Waals surface area contributed by atoms with Gasteiger partial charge < -0.3 is 10.1 Å². The van der Waals surface area contributed by atoms with Crippen LogP contribution in [0.2, 0.25) is 0 Å². The number of methoxy groups -OCH3 is 1. The summed E-state index contributed by atoms with van der Waals surface area (Å²) in [6, 6.07) is 20.1. The second-order valence-electron chi connectivity index (χ2n) is 8.12. The lowest BCUT2D eigenvalue weighted by Gasteiger charge is -2.21. The summed E-state index contributed by atoms with van der Waals surface area (Å²) >= 11 is 0. The van der Waals surface area contributed by atoms with E-state index in [1.54, 1.807) is 37.4 Å². The van der Waals surface area contributed by atoms with Crippen LogP contribution in [-0.2, 0) is 15.4 Å². The summed E-state index contributed by atoms with van der Waals surface area (Å²) in [5.41, 5.74) is 2.32. The van der Waals surface area contributed by atoms with Crippen LogP contribution in [0.4, 0.5) is 11.4 Å². The van der Waals surface area contributed by atoms with Gasteiger partial charge >= 0.3 is 0 Å². The van der Waals surface area contributed by atoms with Gasteiger partial charge in [0.25, 0.3) is 15.9 Å². The Morgan fingerprint density at radius 3 is 2.13 bits per heavy atom. The zero-order valence-corrected chi connectivity index (χ0v) is 18.8. The highest BCUT2D eigenvalue weighted by Crippen LogP contribution is 2.31. The molecule has 0 radical (unpaired) electrons. The van der Waals surface area contributed by atoms with Crippen molar-refractivity contribution in [3.8, 4) is 5.75 Å². The predicted octanol–water partition coefficient (Wildman–Crippen LogP) is 5.05. The Morgan fingerprint density at radius 1 is 0.903 bits per heavy atom. The second-order valence-corrected chi connectivity index (χ2v) is 9.80. The summed E-state index contributed by atoms with van der Waals surface area (Å²) in [4.78, 5) is 12.8. The summed E-state index contributed by atoms with van der Waals surface area (Å²) in [6.45, 7) is 6.26. The van der Waals surface area contributed by atoms with E-state index in [1.807, 2.05) is 18.2 Å². The molecule has 0 atom stereocenters. The van der Waals surface area contributed by atoms with Crippen molar-refractivity contribution >= 4 is 27.3 Å². The number of ether oxygens (including phenoxy) is 1. The van der Waals surface area contributed by atoms with Gasteiger partial charge in [0.05, 0.1) is 17.7 Å². The lowest BCUT2D eigenvalue weighted by Crippen LogP contribution is -2.16. The number of benzene rings is 3. The minimum atomic E-state index is -3.75. The molecule has 0 saturated heterocycles. The highest BCUT2D eigenvalue weighted by Gasteiger charge is 2.18. The molecule has 0 bridgehead atoms. The molecule has 31 heavy (non-hydrogen) atoms. The molecule has 0 aliphatic rings. The van der Waals surface area contributed by atoms with E-state index in [9.17, 15) is 13.2 Å². The van der Waals surface area contributed by atoms with E-state index in [1.165, 1.54) is 24.3 Å². The maximum atomic E-state index is 12.8. The zero-order valence-electron chi connectivity index (χ0n) is 18.0. The van der Waals surface area contributed by atoms with E-state index in [2.05, 4.69) is 30.8 Å². The summed E-state index contributed by atoms with van der Waals surface area (Å²) in [6.07, 6.45) is 0. The van der Waals surface area contributed by atoms with Gasteiger partial charge in [0.2, 0.25) is 0 Å². The van der Waals surface area contributed by atoms with Crippen LogP contribution in [-0.4, -0.2) is 21.4 Å². The average molecular weight is 439 g/mol. The Bertz CT molecular complexity index is 1170. The first-order valence-electron chi connectivity index (χ1n) is 9.78. The number of hydrogen-bond acceptors (Lipinski definition) is 4. The third kappa shape index (κ3) is 5.44. The molecule has 7 heteroatoms. The van der Waals surface area contributed by atoms with E-state index < -0.39 is 10.0 Å². The van der Waals surface area contributed by atoms with Gasteiger partial charge in [-0.2, -0.15) is 0 Å². The number of carbonyl (C=O) groups is 1. The van der Waals surface area contributed by atoms with Gasteiger partial charge in [-0.1, -0.05) is 45.0 Å². The highest BCUT2D eigenvalue weighted by molar-refractivity contribution is 7.92. The van der Waals surface area contributed by atoms with Gasteiger partial charge in [0.1, 0.15) is 5.75 Å². The van der Waals surface area contributed by atoms with Crippen molar-refractivity contribution in [1.29, 1.82) is 0 Å². The largest absolute Gasteiger partial charge is 0.495 e. The Hall–Kier alpha value is -3.32. The van der Waals surface area contributed by atoms with Gasteiger partial charge in [-0.25, -0.2) is 8.42 Å². The first-order chi connectivity index (χ1) is 14.6. The molecular weight excluding hydrogens is 412 g/mol. The molecule has 0 unspecified atom stereocenters. The Morgan fingerprint density at radius 2 is 1.55 bits per heavy atom. The van der Waals surface area contributed by atoms with E-state index in [0.29, 0.717) is 22.7 Å². The third-order valence-electron chi connectivity index (χ3n) is 4.77.